The molecule has 0 aromatic heterocycles. The van der Waals surface area contributed by atoms with Crippen molar-refractivity contribution in [3.63, 3.8) is 0 Å². The van der Waals surface area contributed by atoms with Gasteiger partial charge in [-0.15, -0.1) is 0 Å². The lowest BCUT2D eigenvalue weighted by Crippen LogP contribution is -2.19. The number of benzene rings is 2. The van der Waals surface area contributed by atoms with E-state index in [1.807, 2.05) is 18.2 Å². The van der Waals surface area contributed by atoms with E-state index < -0.39 is 6.29 Å². The van der Waals surface area contributed by atoms with Gasteiger partial charge in [0.2, 0.25) is 6.29 Å². The third kappa shape index (κ3) is 3.31. The molecule has 0 saturated carbocycles. The van der Waals surface area contributed by atoms with Crippen LogP contribution in [0, 0.1) is 0 Å². The lowest BCUT2D eigenvalue weighted by atomic mass is 10.3. The summed E-state index contributed by atoms with van der Waals surface area (Å²) in [6.45, 7) is 1.75. The highest BCUT2D eigenvalue weighted by Crippen LogP contribution is 2.29. The largest absolute Gasteiger partial charge is 0.504 e. The van der Waals surface area contributed by atoms with E-state index in [0.29, 0.717) is 17.2 Å². The highest BCUT2D eigenvalue weighted by Gasteiger charge is 2.11. The Morgan fingerprint density at radius 1 is 0.842 bits per heavy atom. The third-order valence-electron chi connectivity index (χ3n) is 2.52. The van der Waals surface area contributed by atoms with Gasteiger partial charge in [0.1, 0.15) is 0 Å². The second-order valence-electron chi connectivity index (χ2n) is 3.92. The SMILES string of the molecule is COc1ccccc1OC(C)Oc1ccccc1O. The number of rotatable bonds is 5. The van der Waals surface area contributed by atoms with Crippen LogP contribution in [-0.4, -0.2) is 18.5 Å². The number of phenols is 1. The molecule has 1 unspecified atom stereocenters. The standard InChI is InChI=1S/C15H16O4/c1-11(18-13-8-4-3-7-12(13)16)19-15-10-6-5-9-14(15)17-2/h3-11,16H,1-2H3. The minimum absolute atomic E-state index is 0.0815. The molecule has 100 valence electrons. The number of ether oxygens (including phenoxy) is 3. The molecule has 0 spiro atoms. The molecule has 1 N–H and O–H groups in total. The zero-order valence-electron chi connectivity index (χ0n) is 10.9. The summed E-state index contributed by atoms with van der Waals surface area (Å²) < 4.78 is 16.3. The van der Waals surface area contributed by atoms with Gasteiger partial charge in [-0.3, -0.25) is 0 Å². The molecule has 0 aliphatic carbocycles. The first-order valence-corrected chi connectivity index (χ1v) is 5.95. The summed E-state index contributed by atoms with van der Waals surface area (Å²) in [6, 6.07) is 14.1. The summed E-state index contributed by atoms with van der Waals surface area (Å²) in [5.41, 5.74) is 0. The molecule has 0 amide bonds. The number of aromatic hydroxyl groups is 1. The summed E-state index contributed by atoms with van der Waals surface area (Å²) in [5, 5.41) is 9.62. The molecule has 0 heterocycles. The van der Waals surface area contributed by atoms with Gasteiger partial charge in [0.15, 0.2) is 23.0 Å². The van der Waals surface area contributed by atoms with Crippen molar-refractivity contribution in [2.45, 2.75) is 13.2 Å². The first kappa shape index (κ1) is 13.1. The maximum absolute atomic E-state index is 9.62. The van der Waals surface area contributed by atoms with Crippen LogP contribution < -0.4 is 14.2 Å². The molecule has 2 aromatic carbocycles. The topological polar surface area (TPSA) is 47.9 Å². The molecule has 1 atom stereocenters. The van der Waals surface area contributed by atoms with Crippen molar-refractivity contribution in [1.29, 1.82) is 0 Å². The van der Waals surface area contributed by atoms with Gasteiger partial charge < -0.3 is 19.3 Å². The minimum atomic E-state index is -0.551. The Kier molecular flexibility index (Phi) is 4.13. The van der Waals surface area contributed by atoms with Crippen molar-refractivity contribution in [3.8, 4) is 23.0 Å². The average Bonchev–Trinajstić information content (AvgIpc) is 2.42. The number of phenolic OH excluding ortho intramolecular Hbond substituents is 1. The predicted octanol–water partition coefficient (Wildman–Crippen LogP) is 3.20. The number of hydrogen-bond donors (Lipinski definition) is 1. The van der Waals surface area contributed by atoms with Crippen molar-refractivity contribution in [2.75, 3.05) is 7.11 Å². The highest BCUT2D eigenvalue weighted by atomic mass is 16.7. The maximum Gasteiger partial charge on any atom is 0.238 e. The second-order valence-corrected chi connectivity index (χ2v) is 3.92. The van der Waals surface area contributed by atoms with Crippen molar-refractivity contribution in [1.82, 2.24) is 0 Å². The van der Waals surface area contributed by atoms with E-state index in [-0.39, 0.29) is 5.75 Å². The Morgan fingerprint density at radius 2 is 1.37 bits per heavy atom. The van der Waals surface area contributed by atoms with Crippen molar-refractivity contribution in [2.24, 2.45) is 0 Å². The Morgan fingerprint density at radius 3 is 2.00 bits per heavy atom. The number of para-hydroxylation sites is 4. The Balaban J connectivity index is 2.05. The summed E-state index contributed by atoms with van der Waals surface area (Å²) in [4.78, 5) is 0. The molecule has 0 fully saturated rings. The molecule has 2 aromatic rings. The van der Waals surface area contributed by atoms with E-state index in [4.69, 9.17) is 14.2 Å². The van der Waals surface area contributed by atoms with Gasteiger partial charge in [-0.1, -0.05) is 24.3 Å². The van der Waals surface area contributed by atoms with E-state index >= 15 is 0 Å². The van der Waals surface area contributed by atoms with Crippen LogP contribution in [-0.2, 0) is 0 Å². The summed E-state index contributed by atoms with van der Waals surface area (Å²) in [7, 11) is 1.58. The zero-order valence-corrected chi connectivity index (χ0v) is 10.9. The first-order chi connectivity index (χ1) is 9.20. The molecule has 4 nitrogen and oxygen atoms in total. The average molecular weight is 260 g/mol. The molecule has 4 heteroatoms. The fraction of sp³-hybridized carbons (Fsp3) is 0.200. The van der Waals surface area contributed by atoms with Crippen LogP contribution in [0.1, 0.15) is 6.92 Å². The van der Waals surface area contributed by atoms with E-state index in [9.17, 15) is 5.11 Å². The molecule has 19 heavy (non-hydrogen) atoms. The van der Waals surface area contributed by atoms with E-state index in [2.05, 4.69) is 0 Å². The Bertz CT molecular complexity index is 539. The molecule has 0 aliphatic heterocycles. The maximum atomic E-state index is 9.62. The van der Waals surface area contributed by atoms with Gasteiger partial charge in [-0.25, -0.2) is 0 Å². The molecular weight excluding hydrogens is 244 g/mol. The number of methoxy groups -OCH3 is 1. The zero-order chi connectivity index (χ0) is 13.7. The second kappa shape index (κ2) is 6.00. The normalized spacial score (nSPS) is 11.7. The lowest BCUT2D eigenvalue weighted by molar-refractivity contribution is 0.0183. The van der Waals surface area contributed by atoms with Crippen LogP contribution >= 0.6 is 0 Å². The highest BCUT2D eigenvalue weighted by molar-refractivity contribution is 5.40. The Hall–Kier alpha value is -2.36. The molecule has 0 aliphatic rings. The molecule has 0 radical (unpaired) electrons. The summed E-state index contributed by atoms with van der Waals surface area (Å²) in [5.74, 6) is 1.69. The van der Waals surface area contributed by atoms with Crippen LogP contribution in [0.4, 0.5) is 0 Å². The van der Waals surface area contributed by atoms with Gasteiger partial charge in [0.05, 0.1) is 7.11 Å². The van der Waals surface area contributed by atoms with Crippen molar-refractivity contribution in [3.05, 3.63) is 48.5 Å². The van der Waals surface area contributed by atoms with Gasteiger partial charge >= 0.3 is 0 Å². The lowest BCUT2D eigenvalue weighted by Gasteiger charge is -2.18. The molecule has 0 saturated heterocycles. The summed E-state index contributed by atoms with van der Waals surface area (Å²) in [6.07, 6.45) is -0.551. The fourth-order valence-corrected chi connectivity index (χ4v) is 1.65. The quantitative estimate of drug-likeness (QED) is 0.839. The van der Waals surface area contributed by atoms with E-state index in [1.165, 1.54) is 0 Å². The fourth-order valence-electron chi connectivity index (χ4n) is 1.65. The van der Waals surface area contributed by atoms with Crippen LogP contribution in [0.5, 0.6) is 23.0 Å². The first-order valence-electron chi connectivity index (χ1n) is 5.95. The van der Waals surface area contributed by atoms with Crippen LogP contribution in [0.2, 0.25) is 0 Å². The third-order valence-corrected chi connectivity index (χ3v) is 2.52. The van der Waals surface area contributed by atoms with Gasteiger partial charge in [-0.2, -0.15) is 0 Å². The molecular formula is C15H16O4. The Labute approximate surface area is 112 Å². The molecule has 2 rings (SSSR count). The van der Waals surface area contributed by atoms with E-state index in [1.54, 1.807) is 44.4 Å². The van der Waals surface area contributed by atoms with Gasteiger partial charge in [0.25, 0.3) is 0 Å². The predicted molar refractivity (Wildman–Crippen MR) is 71.8 cm³/mol. The van der Waals surface area contributed by atoms with Crippen molar-refractivity contribution >= 4 is 0 Å². The van der Waals surface area contributed by atoms with Gasteiger partial charge in [-0.05, 0) is 24.3 Å². The summed E-state index contributed by atoms with van der Waals surface area (Å²) >= 11 is 0. The van der Waals surface area contributed by atoms with Gasteiger partial charge in [0, 0.05) is 6.92 Å². The van der Waals surface area contributed by atoms with Crippen molar-refractivity contribution < 1.29 is 19.3 Å². The minimum Gasteiger partial charge on any atom is -0.504 e. The van der Waals surface area contributed by atoms with Crippen LogP contribution in [0.15, 0.2) is 48.5 Å². The van der Waals surface area contributed by atoms with Crippen LogP contribution in [0.25, 0.3) is 0 Å². The smallest absolute Gasteiger partial charge is 0.238 e. The number of hydrogen-bond acceptors (Lipinski definition) is 4. The molecule has 0 bridgehead atoms. The monoisotopic (exact) mass is 260 g/mol. The van der Waals surface area contributed by atoms with Crippen LogP contribution in [0.3, 0.4) is 0 Å². The van der Waals surface area contributed by atoms with E-state index in [0.717, 1.165) is 0 Å².